The Hall–Kier alpha value is -4.22. The van der Waals surface area contributed by atoms with Crippen molar-refractivity contribution < 1.29 is 38.8 Å². The molecule has 0 bridgehead atoms. The number of aliphatic carboxylic acids is 2. The Balaban J connectivity index is 1.39. The Labute approximate surface area is 244 Å². The van der Waals surface area contributed by atoms with Crippen molar-refractivity contribution in [2.75, 3.05) is 11.5 Å². The lowest BCUT2D eigenvalue weighted by Gasteiger charge is -2.50. The van der Waals surface area contributed by atoms with Crippen LogP contribution in [-0.4, -0.2) is 77.5 Å². The molecule has 0 spiro atoms. The fraction of sp³-hybridized carbons (Fsp3) is 0.304. The Morgan fingerprint density at radius 1 is 1.44 bits per heavy atom. The number of fused-ring (bicyclic) bond motifs is 2. The monoisotopic (exact) mass is 620 g/mol. The molecule has 2 aliphatic heterocycles. The van der Waals surface area contributed by atoms with Crippen LogP contribution >= 0.6 is 34.7 Å². The minimum atomic E-state index is -1.52. The molecule has 5 heterocycles. The number of nitrogens with zero attached hydrogens (tertiary/aromatic N) is 6. The summed E-state index contributed by atoms with van der Waals surface area (Å²) in [6, 6.07) is 2.49. The number of pyridine rings is 1. The predicted octanol–water partition coefficient (Wildman–Crippen LogP) is -1.15. The van der Waals surface area contributed by atoms with Crippen LogP contribution < -0.4 is 20.7 Å². The van der Waals surface area contributed by atoms with Crippen LogP contribution in [0.3, 0.4) is 0 Å². The number of nitrogen functional groups attached to an aromatic ring is 1. The fourth-order valence-corrected chi connectivity index (χ4v) is 6.59. The molecule has 0 aromatic carbocycles. The lowest BCUT2D eigenvalue weighted by molar-refractivity contribution is -0.663. The van der Waals surface area contributed by atoms with E-state index < -0.39 is 47.0 Å². The summed E-state index contributed by atoms with van der Waals surface area (Å²) in [7, 11) is 1.77. The first kappa shape index (κ1) is 28.3. The maximum Gasteiger partial charge on any atom is 0.347 e. The number of rotatable bonds is 9. The summed E-state index contributed by atoms with van der Waals surface area (Å²) in [6.45, 7) is 1.37. The molecule has 3 aromatic rings. The summed E-state index contributed by atoms with van der Waals surface area (Å²) in [5, 5.41) is 31.1. The normalized spacial score (nSPS) is 19.5. The number of carboxylic acids is 2. The number of hydrogen-bond donors (Lipinski definition) is 3. The summed E-state index contributed by atoms with van der Waals surface area (Å²) in [4.78, 5) is 59.7. The predicted molar refractivity (Wildman–Crippen MR) is 144 cm³/mol. The molecule has 214 valence electrons. The summed E-state index contributed by atoms with van der Waals surface area (Å²) in [6.07, 6.45) is 2.18. The number of carbonyl (C=O) groups excluding carboxylic acids is 3. The van der Waals surface area contributed by atoms with Crippen molar-refractivity contribution in [1.82, 2.24) is 25.0 Å². The van der Waals surface area contributed by atoms with Crippen molar-refractivity contribution >= 4 is 80.3 Å². The molecule has 1 unspecified atom stereocenters. The second-order valence-electron chi connectivity index (χ2n) is 9.01. The van der Waals surface area contributed by atoms with Gasteiger partial charge in [0.15, 0.2) is 29.1 Å². The number of aryl methyl sites for hydroxylation is 1. The van der Waals surface area contributed by atoms with E-state index in [1.54, 1.807) is 30.2 Å². The molecule has 5 rings (SSSR count). The quantitative estimate of drug-likeness (QED) is 0.113. The highest BCUT2D eigenvalue weighted by Crippen LogP contribution is 2.40. The fourth-order valence-electron chi connectivity index (χ4n) is 4.33. The number of carbonyl (C=O) groups is 4. The molecule has 15 nitrogen and oxygen atoms in total. The summed E-state index contributed by atoms with van der Waals surface area (Å²) < 4.78 is 3.46. The van der Waals surface area contributed by atoms with E-state index in [0.717, 1.165) is 27.3 Å². The standard InChI is InChI=1S/C23H21ClN8O7S2/c1-9(21(35)36)39-29-14(13-17(24)41-23(25)27-13)18(33)26-15-19(34)32-16(22(37)38)10(8-40-20(15)32)6-31-5-3-4-11-12(31)7-30(2)28-11/h3-5,7,9,15,20H,6,8H2,1-2H3,(H4-,25,26,27,33,35,36,37,38)/b29-14-/t9-,15+,20?/m0/s1. The number of hydrogen-bond acceptors (Lipinski definition) is 12. The van der Waals surface area contributed by atoms with Crippen molar-refractivity contribution in [3.8, 4) is 0 Å². The lowest BCUT2D eigenvalue weighted by atomic mass is 10.0. The van der Waals surface area contributed by atoms with Crippen molar-refractivity contribution in [3.05, 3.63) is 45.8 Å². The van der Waals surface area contributed by atoms with E-state index in [2.05, 4.69) is 20.6 Å². The topological polar surface area (TPSA) is 209 Å². The number of thiazole rings is 1. The van der Waals surface area contributed by atoms with Gasteiger partial charge in [-0.25, -0.2) is 9.78 Å². The second-order valence-corrected chi connectivity index (χ2v) is 11.7. The van der Waals surface area contributed by atoms with E-state index in [-0.39, 0.29) is 33.2 Å². The number of amides is 2. The van der Waals surface area contributed by atoms with E-state index in [1.807, 2.05) is 10.6 Å². The zero-order valence-electron chi connectivity index (χ0n) is 21.3. The molecule has 41 heavy (non-hydrogen) atoms. The highest BCUT2D eigenvalue weighted by atomic mass is 35.5. The van der Waals surface area contributed by atoms with Gasteiger partial charge in [-0.3, -0.25) is 19.2 Å². The lowest BCUT2D eigenvalue weighted by Crippen LogP contribution is -2.71. The van der Waals surface area contributed by atoms with Gasteiger partial charge >= 0.3 is 5.97 Å². The molecular formula is C23H21ClN8O7S2. The number of halogens is 1. The summed E-state index contributed by atoms with van der Waals surface area (Å²) in [5.41, 5.74) is 6.70. The van der Waals surface area contributed by atoms with Crippen LogP contribution in [0.25, 0.3) is 11.0 Å². The van der Waals surface area contributed by atoms with E-state index in [4.69, 9.17) is 27.3 Å². The molecule has 2 aliphatic rings. The van der Waals surface area contributed by atoms with Gasteiger partial charge in [0.05, 0.1) is 17.9 Å². The molecule has 18 heteroatoms. The molecule has 0 aliphatic carbocycles. The number of anilines is 1. The van der Waals surface area contributed by atoms with E-state index in [1.165, 1.54) is 18.7 Å². The molecule has 0 radical (unpaired) electrons. The molecule has 4 N–H and O–H groups in total. The van der Waals surface area contributed by atoms with Gasteiger partial charge in [-0.1, -0.05) is 28.1 Å². The SMILES string of the molecule is C[C@H](O/N=C(\C(=O)N[C@@H]1C(=O)N2C(C(=O)[O-])=C(C[n+]3cccc4nn(C)cc43)CSC12)c1nc(N)sc1Cl)C(=O)O. The average Bonchev–Trinajstić information content (AvgIpc) is 3.47. The zero-order valence-corrected chi connectivity index (χ0v) is 23.7. The molecule has 1 saturated heterocycles. The van der Waals surface area contributed by atoms with Crippen molar-refractivity contribution in [1.29, 1.82) is 0 Å². The highest BCUT2D eigenvalue weighted by molar-refractivity contribution is 8.00. The van der Waals surface area contributed by atoms with E-state index >= 15 is 0 Å². The van der Waals surface area contributed by atoms with Crippen molar-refractivity contribution in [2.45, 2.75) is 31.0 Å². The average molecular weight is 621 g/mol. The third kappa shape index (κ3) is 5.30. The largest absolute Gasteiger partial charge is 0.543 e. The number of oxime groups is 1. The number of thioether (sulfide) groups is 1. The zero-order chi connectivity index (χ0) is 29.6. The van der Waals surface area contributed by atoms with Gasteiger partial charge in [-0.2, -0.15) is 9.67 Å². The van der Waals surface area contributed by atoms with Crippen LogP contribution in [0.4, 0.5) is 5.13 Å². The van der Waals surface area contributed by atoms with Crippen LogP contribution in [0.1, 0.15) is 12.6 Å². The Bertz CT molecular complexity index is 1670. The minimum Gasteiger partial charge on any atom is -0.543 e. The van der Waals surface area contributed by atoms with Crippen LogP contribution in [0.2, 0.25) is 4.34 Å². The number of β-lactam (4-membered cyclic amide) rings is 1. The van der Waals surface area contributed by atoms with Gasteiger partial charge in [0.1, 0.15) is 21.4 Å². The number of nitrogens with two attached hydrogens (primary N) is 1. The van der Waals surface area contributed by atoms with E-state index in [0.29, 0.717) is 5.57 Å². The molecule has 3 atom stereocenters. The van der Waals surface area contributed by atoms with Gasteiger partial charge in [0, 0.05) is 24.4 Å². The number of carboxylic acid groups (broad SMARTS) is 2. The Kier molecular flexibility index (Phi) is 7.58. The van der Waals surface area contributed by atoms with Gasteiger partial charge in [-0.05, 0) is 13.0 Å². The van der Waals surface area contributed by atoms with E-state index in [9.17, 15) is 24.3 Å². The summed E-state index contributed by atoms with van der Waals surface area (Å²) in [5.74, 6) is -4.25. The maximum absolute atomic E-state index is 13.2. The highest BCUT2D eigenvalue weighted by Gasteiger charge is 2.53. The van der Waals surface area contributed by atoms with Gasteiger partial charge in [-0.15, -0.1) is 11.8 Å². The first-order chi connectivity index (χ1) is 19.5. The molecule has 2 amide bonds. The Morgan fingerprint density at radius 3 is 2.85 bits per heavy atom. The van der Waals surface area contributed by atoms with Crippen LogP contribution in [-0.2, 0) is 37.6 Å². The van der Waals surface area contributed by atoms with Gasteiger partial charge < -0.3 is 30.9 Å². The first-order valence-corrected chi connectivity index (χ1v) is 14.1. The minimum absolute atomic E-state index is 0.00969. The smallest absolute Gasteiger partial charge is 0.347 e. The van der Waals surface area contributed by atoms with Gasteiger partial charge in [0.25, 0.3) is 17.3 Å². The first-order valence-electron chi connectivity index (χ1n) is 11.9. The van der Waals surface area contributed by atoms with Crippen molar-refractivity contribution in [3.63, 3.8) is 0 Å². The van der Waals surface area contributed by atoms with Crippen LogP contribution in [0.15, 0.2) is 41.0 Å². The molecule has 1 fully saturated rings. The molecule has 3 aromatic heterocycles. The Morgan fingerprint density at radius 2 is 2.20 bits per heavy atom. The number of aromatic nitrogens is 4. The van der Waals surface area contributed by atoms with Gasteiger partial charge in [0.2, 0.25) is 6.10 Å². The van der Waals surface area contributed by atoms with Crippen LogP contribution in [0, 0.1) is 0 Å². The molecule has 0 saturated carbocycles. The third-order valence-corrected chi connectivity index (χ3v) is 8.67. The second kappa shape index (κ2) is 11.0. The third-order valence-electron chi connectivity index (χ3n) is 6.25. The summed E-state index contributed by atoms with van der Waals surface area (Å²) >= 11 is 8.25. The number of nitrogens with one attached hydrogen (secondary N) is 1. The van der Waals surface area contributed by atoms with Crippen molar-refractivity contribution in [2.24, 2.45) is 12.2 Å². The maximum atomic E-state index is 13.2. The van der Waals surface area contributed by atoms with Crippen LogP contribution in [0.5, 0.6) is 0 Å². The molecular weight excluding hydrogens is 600 g/mol.